The molecule has 0 aliphatic carbocycles. The predicted molar refractivity (Wildman–Crippen MR) is 138 cm³/mol. The summed E-state index contributed by atoms with van der Waals surface area (Å²) < 4.78 is 0. The topological polar surface area (TPSA) is 87.0 Å². The summed E-state index contributed by atoms with van der Waals surface area (Å²) in [6, 6.07) is 18.2. The molecule has 0 bridgehead atoms. The second-order valence-electron chi connectivity index (χ2n) is 9.33. The van der Waals surface area contributed by atoms with Crippen molar-refractivity contribution in [3.63, 3.8) is 0 Å². The van der Waals surface area contributed by atoms with Gasteiger partial charge in [-0.05, 0) is 42.0 Å². The highest BCUT2D eigenvalue weighted by atomic mass is 32.1. The maximum Gasteiger partial charge on any atom is 0.270 e. The minimum atomic E-state index is -0.501. The van der Waals surface area contributed by atoms with Crippen LogP contribution in [0.2, 0.25) is 0 Å². The van der Waals surface area contributed by atoms with Crippen molar-refractivity contribution in [3.05, 3.63) is 97.7 Å². The number of carbonyl (C=O) groups is 2. The molecule has 2 aliphatic rings. The molecular weight excluding hydrogens is 476 g/mol. The highest BCUT2D eigenvalue weighted by Crippen LogP contribution is 2.37. The van der Waals surface area contributed by atoms with E-state index >= 15 is 0 Å². The number of hydrogen-bond acceptors (Lipinski definition) is 6. The van der Waals surface area contributed by atoms with Crippen LogP contribution in [0.15, 0.2) is 66.0 Å². The van der Waals surface area contributed by atoms with Crippen LogP contribution in [0.3, 0.4) is 0 Å². The fourth-order valence-corrected chi connectivity index (χ4v) is 6.15. The van der Waals surface area contributed by atoms with Crippen molar-refractivity contribution in [1.82, 2.24) is 14.7 Å². The zero-order valence-electron chi connectivity index (χ0n) is 20.1. The molecule has 0 N–H and O–H groups in total. The SMILES string of the molecule is C[C@H]1CN(C(=O)CN2CCc3sccc3[C@@H]2c2ccccc2)CCN1C(=O)c1cccc([N+](=O)[O-])c1. The number of piperazine rings is 1. The molecule has 3 heterocycles. The second-order valence-corrected chi connectivity index (χ2v) is 10.3. The van der Waals surface area contributed by atoms with Crippen LogP contribution in [0.5, 0.6) is 0 Å². The van der Waals surface area contributed by atoms with E-state index in [1.54, 1.807) is 22.3 Å². The van der Waals surface area contributed by atoms with Gasteiger partial charge in [0, 0.05) is 54.8 Å². The van der Waals surface area contributed by atoms with E-state index < -0.39 is 4.92 Å². The van der Waals surface area contributed by atoms with E-state index in [4.69, 9.17) is 0 Å². The molecule has 2 aliphatic heterocycles. The Morgan fingerprint density at radius 2 is 1.86 bits per heavy atom. The Kier molecular flexibility index (Phi) is 6.84. The molecule has 9 heteroatoms. The monoisotopic (exact) mass is 504 g/mol. The lowest BCUT2D eigenvalue weighted by atomic mass is 9.93. The first kappa shape index (κ1) is 24.1. The standard InChI is InChI=1S/C27H28N4O4S/c1-19-17-28(13-14-30(19)27(33)21-8-5-9-22(16-21)31(34)35)25(32)18-29-12-10-24-23(11-15-36-24)26(29)20-6-3-2-4-7-20/h2-9,11,15-16,19,26H,10,12-14,17-18H2,1H3/t19-,26-/m0/s1. The van der Waals surface area contributed by atoms with E-state index in [1.165, 1.54) is 34.2 Å². The molecule has 0 spiro atoms. The van der Waals surface area contributed by atoms with Gasteiger partial charge in [-0.2, -0.15) is 0 Å². The smallest absolute Gasteiger partial charge is 0.270 e. The lowest BCUT2D eigenvalue weighted by molar-refractivity contribution is -0.384. The number of thiophene rings is 1. The second kappa shape index (κ2) is 10.2. The first-order valence-corrected chi connectivity index (χ1v) is 13.0. The van der Waals surface area contributed by atoms with Gasteiger partial charge in [0.05, 0.1) is 17.5 Å². The number of non-ortho nitro benzene ring substituents is 1. The molecule has 2 aromatic carbocycles. The highest BCUT2D eigenvalue weighted by molar-refractivity contribution is 7.10. The van der Waals surface area contributed by atoms with Crippen LogP contribution in [-0.4, -0.2) is 70.2 Å². The quantitative estimate of drug-likeness (QED) is 0.388. The molecule has 186 valence electrons. The van der Waals surface area contributed by atoms with Gasteiger partial charge < -0.3 is 9.80 Å². The average molecular weight is 505 g/mol. The number of nitro benzene ring substituents is 1. The van der Waals surface area contributed by atoms with Crippen molar-refractivity contribution in [2.75, 3.05) is 32.7 Å². The van der Waals surface area contributed by atoms with Crippen LogP contribution in [-0.2, 0) is 11.2 Å². The third-order valence-electron chi connectivity index (χ3n) is 7.06. The van der Waals surface area contributed by atoms with Crippen LogP contribution in [0, 0.1) is 10.1 Å². The van der Waals surface area contributed by atoms with Crippen LogP contribution in [0.25, 0.3) is 0 Å². The van der Waals surface area contributed by atoms with Crippen molar-refractivity contribution in [2.24, 2.45) is 0 Å². The Morgan fingerprint density at radius 3 is 2.61 bits per heavy atom. The minimum absolute atomic E-state index is 0.0549. The molecule has 3 aromatic rings. The fourth-order valence-electron chi connectivity index (χ4n) is 5.24. The maximum absolute atomic E-state index is 13.4. The van der Waals surface area contributed by atoms with Crippen molar-refractivity contribution in [2.45, 2.75) is 25.4 Å². The number of nitrogens with zero attached hydrogens (tertiary/aromatic N) is 4. The predicted octanol–water partition coefficient (Wildman–Crippen LogP) is 3.98. The fraction of sp³-hybridized carbons (Fsp3) is 0.333. The third kappa shape index (κ3) is 4.76. The number of hydrogen-bond donors (Lipinski definition) is 0. The molecule has 1 saturated heterocycles. The zero-order valence-corrected chi connectivity index (χ0v) is 20.9. The summed E-state index contributed by atoms with van der Waals surface area (Å²) >= 11 is 1.78. The van der Waals surface area contributed by atoms with Gasteiger partial charge in [0.2, 0.25) is 5.91 Å². The van der Waals surface area contributed by atoms with Gasteiger partial charge in [0.1, 0.15) is 0 Å². The number of carbonyl (C=O) groups excluding carboxylic acids is 2. The minimum Gasteiger partial charge on any atom is -0.338 e. The Morgan fingerprint density at radius 1 is 1.06 bits per heavy atom. The number of benzene rings is 2. The molecule has 8 nitrogen and oxygen atoms in total. The molecule has 1 fully saturated rings. The Labute approximate surface area is 213 Å². The molecule has 2 atom stereocenters. The van der Waals surface area contributed by atoms with Crippen LogP contribution in [0.4, 0.5) is 5.69 Å². The van der Waals surface area contributed by atoms with Crippen molar-refractivity contribution < 1.29 is 14.5 Å². The van der Waals surface area contributed by atoms with E-state index in [0.717, 1.165) is 13.0 Å². The molecule has 5 rings (SSSR count). The average Bonchev–Trinajstić information content (AvgIpc) is 3.37. The van der Waals surface area contributed by atoms with E-state index in [0.29, 0.717) is 31.7 Å². The van der Waals surface area contributed by atoms with E-state index in [1.807, 2.05) is 30.0 Å². The Bertz CT molecular complexity index is 1280. The molecule has 1 aromatic heterocycles. The van der Waals surface area contributed by atoms with Crippen LogP contribution < -0.4 is 0 Å². The molecule has 0 unspecified atom stereocenters. The van der Waals surface area contributed by atoms with Gasteiger partial charge in [-0.25, -0.2) is 0 Å². The van der Waals surface area contributed by atoms with Gasteiger partial charge in [0.15, 0.2) is 0 Å². The van der Waals surface area contributed by atoms with Crippen molar-refractivity contribution >= 4 is 28.8 Å². The highest BCUT2D eigenvalue weighted by Gasteiger charge is 2.34. The summed E-state index contributed by atoms with van der Waals surface area (Å²) in [6.07, 6.45) is 0.936. The number of amides is 2. The molecule has 0 saturated carbocycles. The normalized spacial score (nSPS) is 20.1. The largest absolute Gasteiger partial charge is 0.338 e. The third-order valence-corrected chi connectivity index (χ3v) is 8.06. The first-order valence-electron chi connectivity index (χ1n) is 12.1. The first-order chi connectivity index (χ1) is 17.4. The van der Waals surface area contributed by atoms with Gasteiger partial charge >= 0.3 is 0 Å². The Hall–Kier alpha value is -3.56. The lowest BCUT2D eigenvalue weighted by Gasteiger charge is -2.42. The molecule has 0 radical (unpaired) electrons. The summed E-state index contributed by atoms with van der Waals surface area (Å²) in [5.74, 6) is -0.188. The summed E-state index contributed by atoms with van der Waals surface area (Å²) in [6.45, 7) is 4.33. The van der Waals surface area contributed by atoms with Gasteiger partial charge in [-0.1, -0.05) is 36.4 Å². The number of rotatable bonds is 5. The van der Waals surface area contributed by atoms with Crippen LogP contribution >= 0.6 is 11.3 Å². The summed E-state index contributed by atoms with van der Waals surface area (Å²) in [4.78, 5) is 44.3. The summed E-state index contributed by atoms with van der Waals surface area (Å²) in [5, 5.41) is 13.2. The summed E-state index contributed by atoms with van der Waals surface area (Å²) in [5.41, 5.74) is 2.66. The molecular formula is C27H28N4O4S. The molecule has 2 amide bonds. The van der Waals surface area contributed by atoms with E-state index in [2.05, 4.69) is 28.5 Å². The van der Waals surface area contributed by atoms with E-state index in [9.17, 15) is 19.7 Å². The van der Waals surface area contributed by atoms with Crippen LogP contribution in [0.1, 0.15) is 39.3 Å². The maximum atomic E-state index is 13.4. The number of fused-ring (bicyclic) bond motifs is 1. The van der Waals surface area contributed by atoms with Crippen molar-refractivity contribution in [1.29, 1.82) is 0 Å². The zero-order chi connectivity index (χ0) is 25.2. The lowest BCUT2D eigenvalue weighted by Crippen LogP contribution is -2.57. The Balaban J connectivity index is 1.26. The van der Waals surface area contributed by atoms with Crippen molar-refractivity contribution in [3.8, 4) is 0 Å². The van der Waals surface area contributed by atoms with Gasteiger partial charge in [-0.15, -0.1) is 11.3 Å². The van der Waals surface area contributed by atoms with Gasteiger partial charge in [-0.3, -0.25) is 24.6 Å². The molecule has 36 heavy (non-hydrogen) atoms. The summed E-state index contributed by atoms with van der Waals surface area (Å²) in [7, 11) is 0. The number of nitro groups is 1. The van der Waals surface area contributed by atoms with Gasteiger partial charge in [0.25, 0.3) is 11.6 Å². The van der Waals surface area contributed by atoms with E-state index in [-0.39, 0.29) is 29.6 Å².